The number of hydrogen-bond acceptors (Lipinski definition) is 2. The van der Waals surface area contributed by atoms with E-state index in [2.05, 4.69) is 20.8 Å². The fourth-order valence-electron chi connectivity index (χ4n) is 5.63. The Morgan fingerprint density at radius 1 is 0.474 bits per heavy atom. The van der Waals surface area contributed by atoms with Gasteiger partial charge in [-0.05, 0) is 31.6 Å². The molecule has 0 saturated heterocycles. The molecule has 0 amide bonds. The van der Waals surface area contributed by atoms with E-state index in [0.29, 0.717) is 5.78 Å². The Morgan fingerprint density at radius 2 is 0.789 bits per heavy atom. The monoisotopic (exact) mass is 537 g/mol. The van der Waals surface area contributed by atoms with Gasteiger partial charge in [-0.25, -0.2) is 0 Å². The summed E-state index contributed by atoms with van der Waals surface area (Å²) in [5.74, 6) is 1.39. The molecule has 2 nitrogen and oxygen atoms in total. The van der Waals surface area contributed by atoms with E-state index in [1.165, 1.54) is 154 Å². The first-order valence-electron chi connectivity index (χ1n) is 17.8. The number of rotatable bonds is 32. The van der Waals surface area contributed by atoms with Crippen LogP contribution in [0.15, 0.2) is 0 Å². The normalized spacial score (nSPS) is 13.2. The molecule has 0 unspecified atom stereocenters. The van der Waals surface area contributed by atoms with Gasteiger partial charge >= 0.3 is 0 Å². The lowest BCUT2D eigenvalue weighted by Crippen LogP contribution is -2.05. The first-order chi connectivity index (χ1) is 18.6. The highest BCUT2D eigenvalue weighted by molar-refractivity contribution is 5.78. The third-order valence-corrected chi connectivity index (χ3v) is 8.73. The van der Waals surface area contributed by atoms with Gasteiger partial charge in [-0.3, -0.25) is 4.79 Å². The van der Waals surface area contributed by atoms with Crippen molar-refractivity contribution < 1.29 is 9.90 Å². The van der Waals surface area contributed by atoms with Crippen molar-refractivity contribution in [1.29, 1.82) is 0 Å². The lowest BCUT2D eigenvalue weighted by Gasteiger charge is -2.11. The van der Waals surface area contributed by atoms with Gasteiger partial charge < -0.3 is 5.11 Å². The molecule has 0 radical (unpaired) electrons. The van der Waals surface area contributed by atoms with Crippen LogP contribution in [0.4, 0.5) is 0 Å². The lowest BCUT2D eigenvalue weighted by atomic mass is 9.99. The minimum absolute atomic E-state index is 0.0501. The fourth-order valence-corrected chi connectivity index (χ4v) is 5.63. The van der Waals surface area contributed by atoms with Crippen LogP contribution >= 0.6 is 0 Å². The van der Waals surface area contributed by atoms with E-state index in [1.807, 2.05) is 0 Å². The third kappa shape index (κ3) is 30.2. The number of unbranched alkanes of at least 4 members (excludes halogenated alkanes) is 21. The Labute approximate surface area is 240 Å². The Bertz CT molecular complexity index is 460. The van der Waals surface area contributed by atoms with Crippen LogP contribution in [0.2, 0.25) is 0 Å². The molecule has 0 bridgehead atoms. The topological polar surface area (TPSA) is 37.3 Å². The zero-order valence-corrected chi connectivity index (χ0v) is 26.7. The quantitative estimate of drug-likeness (QED) is 0.0868. The zero-order chi connectivity index (χ0) is 27.9. The molecule has 0 aliphatic carbocycles. The number of hydrogen-bond donors (Lipinski definition) is 1. The molecule has 0 aliphatic heterocycles. The van der Waals surface area contributed by atoms with Gasteiger partial charge in [0.25, 0.3) is 0 Å². The van der Waals surface area contributed by atoms with Crippen LogP contribution < -0.4 is 0 Å². The molecule has 0 spiro atoms. The summed E-state index contributed by atoms with van der Waals surface area (Å²) in [4.78, 5) is 11.8. The summed E-state index contributed by atoms with van der Waals surface area (Å²) in [6.07, 6.45) is 38.1. The molecule has 0 aromatic rings. The van der Waals surface area contributed by atoms with Gasteiger partial charge in [0.1, 0.15) is 5.78 Å². The van der Waals surface area contributed by atoms with Crippen molar-refractivity contribution in [1.82, 2.24) is 0 Å². The first kappa shape index (κ1) is 37.6. The van der Waals surface area contributed by atoms with E-state index in [0.717, 1.165) is 44.4 Å². The molecular weight excluding hydrogens is 464 g/mol. The average Bonchev–Trinajstić information content (AvgIpc) is 2.91. The van der Waals surface area contributed by atoms with Crippen LogP contribution in [0.25, 0.3) is 0 Å². The minimum atomic E-state index is -0.0501. The van der Waals surface area contributed by atoms with E-state index in [4.69, 9.17) is 0 Å². The molecule has 0 saturated carbocycles. The summed E-state index contributed by atoms with van der Waals surface area (Å²) < 4.78 is 0. The standard InChI is InChI=1S/C36H72O2/c1-4-6-24-30-35(37)31-26-21-17-15-13-11-9-7-8-10-12-14-16-18-22-27-32-36(38)33-28-23-19-20-25-29-34(3)5-2/h34,36,38H,4-33H2,1-3H3/t34-,36+/m1/s1. The van der Waals surface area contributed by atoms with E-state index >= 15 is 0 Å². The van der Waals surface area contributed by atoms with E-state index in [1.54, 1.807) is 0 Å². The minimum Gasteiger partial charge on any atom is -0.393 e. The number of aliphatic hydroxyl groups excluding tert-OH is 1. The highest BCUT2D eigenvalue weighted by atomic mass is 16.3. The summed E-state index contributed by atoms with van der Waals surface area (Å²) in [5.41, 5.74) is 0. The number of Topliss-reactive ketones (excluding diaryl/α,β-unsaturated/α-hetero) is 1. The van der Waals surface area contributed by atoms with Crippen molar-refractivity contribution in [2.75, 3.05) is 0 Å². The number of carbonyl (C=O) groups excluding carboxylic acids is 1. The van der Waals surface area contributed by atoms with Gasteiger partial charge in [0, 0.05) is 12.8 Å². The lowest BCUT2D eigenvalue weighted by molar-refractivity contribution is -0.119. The summed E-state index contributed by atoms with van der Waals surface area (Å²) in [7, 11) is 0. The third-order valence-electron chi connectivity index (χ3n) is 8.73. The number of ketones is 1. The highest BCUT2D eigenvalue weighted by Gasteiger charge is 2.05. The molecule has 0 rings (SSSR count). The SMILES string of the molecule is CCCCCC(=O)CCCCCCCCCCCCCCCCCC[C@H](O)CCCCCCC[C@H](C)CC. The number of carbonyl (C=O) groups is 1. The van der Waals surface area contributed by atoms with Crippen LogP contribution in [0.5, 0.6) is 0 Å². The summed E-state index contributed by atoms with van der Waals surface area (Å²) in [6.45, 7) is 6.86. The van der Waals surface area contributed by atoms with Gasteiger partial charge in [-0.15, -0.1) is 0 Å². The average molecular weight is 537 g/mol. The van der Waals surface area contributed by atoms with Crippen molar-refractivity contribution in [3.63, 3.8) is 0 Å². The van der Waals surface area contributed by atoms with Crippen LogP contribution in [0.3, 0.4) is 0 Å². The predicted octanol–water partition coefficient (Wildman–Crippen LogP) is 12.3. The van der Waals surface area contributed by atoms with Gasteiger partial charge in [0.15, 0.2) is 0 Å². The molecular formula is C36H72O2. The van der Waals surface area contributed by atoms with Crippen LogP contribution in [-0.4, -0.2) is 17.0 Å². The molecule has 0 aliphatic rings. The van der Waals surface area contributed by atoms with E-state index in [-0.39, 0.29) is 6.10 Å². The van der Waals surface area contributed by atoms with E-state index in [9.17, 15) is 9.90 Å². The Hall–Kier alpha value is -0.370. The van der Waals surface area contributed by atoms with Crippen molar-refractivity contribution in [3.8, 4) is 0 Å². The first-order valence-corrected chi connectivity index (χ1v) is 17.8. The summed E-state index contributed by atoms with van der Waals surface area (Å²) in [5, 5.41) is 10.2. The van der Waals surface area contributed by atoms with Crippen LogP contribution in [0, 0.1) is 5.92 Å². The number of aliphatic hydroxyl groups is 1. The Balaban J connectivity index is 3.18. The van der Waals surface area contributed by atoms with Gasteiger partial charge in [-0.1, -0.05) is 175 Å². The summed E-state index contributed by atoms with van der Waals surface area (Å²) >= 11 is 0. The molecule has 38 heavy (non-hydrogen) atoms. The second-order valence-corrected chi connectivity index (χ2v) is 12.7. The van der Waals surface area contributed by atoms with Crippen molar-refractivity contribution in [2.24, 2.45) is 5.92 Å². The molecule has 0 fully saturated rings. The van der Waals surface area contributed by atoms with Gasteiger partial charge in [-0.2, -0.15) is 0 Å². The predicted molar refractivity (Wildman–Crippen MR) is 170 cm³/mol. The molecule has 0 heterocycles. The highest BCUT2D eigenvalue weighted by Crippen LogP contribution is 2.17. The zero-order valence-electron chi connectivity index (χ0n) is 26.7. The smallest absolute Gasteiger partial charge is 0.132 e. The maximum Gasteiger partial charge on any atom is 0.132 e. The Kier molecular flexibility index (Phi) is 30.9. The fraction of sp³-hybridized carbons (Fsp3) is 0.972. The maximum atomic E-state index is 11.8. The summed E-state index contributed by atoms with van der Waals surface area (Å²) in [6, 6.07) is 0. The van der Waals surface area contributed by atoms with Gasteiger partial charge in [0.2, 0.25) is 0 Å². The molecule has 0 aromatic carbocycles. The van der Waals surface area contributed by atoms with E-state index < -0.39 is 0 Å². The van der Waals surface area contributed by atoms with Gasteiger partial charge in [0.05, 0.1) is 6.10 Å². The van der Waals surface area contributed by atoms with Crippen molar-refractivity contribution in [2.45, 2.75) is 219 Å². The second kappa shape index (κ2) is 31.2. The molecule has 2 heteroatoms. The largest absolute Gasteiger partial charge is 0.393 e. The molecule has 0 aromatic heterocycles. The molecule has 1 N–H and O–H groups in total. The van der Waals surface area contributed by atoms with Crippen molar-refractivity contribution >= 4 is 5.78 Å². The van der Waals surface area contributed by atoms with Crippen LogP contribution in [-0.2, 0) is 4.79 Å². The second-order valence-electron chi connectivity index (χ2n) is 12.7. The molecule has 228 valence electrons. The van der Waals surface area contributed by atoms with Crippen molar-refractivity contribution in [3.05, 3.63) is 0 Å². The Morgan fingerprint density at radius 3 is 1.16 bits per heavy atom. The maximum absolute atomic E-state index is 11.8. The van der Waals surface area contributed by atoms with Crippen LogP contribution in [0.1, 0.15) is 213 Å². The molecule has 2 atom stereocenters.